The summed E-state index contributed by atoms with van der Waals surface area (Å²) in [6.07, 6.45) is 5.45. The van der Waals surface area contributed by atoms with Gasteiger partial charge in [0.2, 0.25) is 0 Å². The number of H-pyrrole nitrogens is 1. The number of sulfonamides is 1. The van der Waals surface area contributed by atoms with Crippen molar-refractivity contribution in [3.8, 4) is 0 Å². The van der Waals surface area contributed by atoms with Crippen molar-refractivity contribution in [3.05, 3.63) is 42.4 Å². The SMILES string of the molecule is CN(CCc1ccncc1)S(=O)(=O)c1ccn[nH]1. The summed E-state index contributed by atoms with van der Waals surface area (Å²) in [6.45, 7) is 0.408. The van der Waals surface area contributed by atoms with Crippen molar-refractivity contribution in [1.29, 1.82) is 0 Å². The number of hydrogen-bond donors (Lipinski definition) is 1. The van der Waals surface area contributed by atoms with Crippen LogP contribution in [-0.4, -0.2) is 41.5 Å². The van der Waals surface area contributed by atoms with Crippen LogP contribution in [0.3, 0.4) is 0 Å². The van der Waals surface area contributed by atoms with Gasteiger partial charge in [-0.15, -0.1) is 0 Å². The van der Waals surface area contributed by atoms with Crippen LogP contribution in [0.1, 0.15) is 5.56 Å². The predicted octanol–water partition coefficient (Wildman–Crippen LogP) is 0.668. The van der Waals surface area contributed by atoms with E-state index >= 15 is 0 Å². The van der Waals surface area contributed by atoms with Crippen molar-refractivity contribution in [2.75, 3.05) is 13.6 Å². The van der Waals surface area contributed by atoms with Crippen LogP contribution in [0, 0.1) is 0 Å². The molecule has 2 aromatic rings. The lowest BCUT2D eigenvalue weighted by Crippen LogP contribution is -2.29. The van der Waals surface area contributed by atoms with Gasteiger partial charge in [0.15, 0.2) is 5.03 Å². The molecule has 0 aliphatic carbocycles. The van der Waals surface area contributed by atoms with Crippen molar-refractivity contribution in [1.82, 2.24) is 19.5 Å². The molecule has 0 saturated carbocycles. The average molecular weight is 266 g/mol. The molecule has 0 fully saturated rings. The molecule has 0 spiro atoms. The molecule has 0 bridgehead atoms. The molecule has 1 N–H and O–H groups in total. The number of likely N-dealkylation sites (N-methyl/N-ethyl adjacent to an activating group) is 1. The first kappa shape index (κ1) is 12.7. The fourth-order valence-corrected chi connectivity index (χ4v) is 2.58. The van der Waals surface area contributed by atoms with Crippen molar-refractivity contribution in [3.63, 3.8) is 0 Å². The van der Waals surface area contributed by atoms with Gasteiger partial charge < -0.3 is 0 Å². The molecule has 0 radical (unpaired) electrons. The summed E-state index contributed by atoms with van der Waals surface area (Å²) in [7, 11) is -1.91. The van der Waals surface area contributed by atoms with Gasteiger partial charge in [-0.25, -0.2) is 8.42 Å². The van der Waals surface area contributed by atoms with Crippen LogP contribution in [0.5, 0.6) is 0 Å². The van der Waals surface area contributed by atoms with Gasteiger partial charge in [-0.2, -0.15) is 9.40 Å². The van der Waals surface area contributed by atoms with E-state index in [2.05, 4.69) is 15.2 Å². The monoisotopic (exact) mass is 266 g/mol. The molecule has 0 atom stereocenters. The molecule has 2 aromatic heterocycles. The summed E-state index contributed by atoms with van der Waals surface area (Å²) in [5, 5.41) is 6.23. The number of rotatable bonds is 5. The van der Waals surface area contributed by atoms with Crippen LogP contribution in [0.25, 0.3) is 0 Å². The Kier molecular flexibility index (Phi) is 3.73. The highest BCUT2D eigenvalue weighted by molar-refractivity contribution is 7.89. The number of aromatic nitrogens is 3. The maximum Gasteiger partial charge on any atom is 0.259 e. The highest BCUT2D eigenvalue weighted by Gasteiger charge is 2.21. The Balaban J connectivity index is 2.03. The molecule has 0 unspecified atom stereocenters. The molecule has 96 valence electrons. The minimum Gasteiger partial charge on any atom is -0.266 e. The summed E-state index contributed by atoms with van der Waals surface area (Å²) >= 11 is 0. The zero-order valence-corrected chi connectivity index (χ0v) is 10.8. The van der Waals surface area contributed by atoms with Crippen molar-refractivity contribution < 1.29 is 8.42 Å². The highest BCUT2D eigenvalue weighted by atomic mass is 32.2. The molecule has 0 amide bonds. The fourth-order valence-electron chi connectivity index (χ4n) is 1.51. The van der Waals surface area contributed by atoms with Crippen molar-refractivity contribution in [2.45, 2.75) is 11.4 Å². The minimum absolute atomic E-state index is 0.111. The van der Waals surface area contributed by atoms with E-state index in [1.807, 2.05) is 12.1 Å². The average Bonchev–Trinajstić information content (AvgIpc) is 2.91. The van der Waals surface area contributed by atoms with Crippen LogP contribution in [0.4, 0.5) is 0 Å². The quantitative estimate of drug-likeness (QED) is 0.862. The Morgan fingerprint density at radius 2 is 1.94 bits per heavy atom. The second-order valence-corrected chi connectivity index (χ2v) is 5.87. The topological polar surface area (TPSA) is 79.0 Å². The largest absolute Gasteiger partial charge is 0.266 e. The predicted molar refractivity (Wildman–Crippen MR) is 66.3 cm³/mol. The third kappa shape index (κ3) is 2.74. The standard InChI is InChI=1S/C11H14N4O2S/c1-15(9-5-10-2-6-12-7-3-10)18(16,17)11-4-8-13-14-11/h2-4,6-8H,5,9H2,1H3,(H,13,14). The Morgan fingerprint density at radius 3 is 2.56 bits per heavy atom. The first-order chi connectivity index (χ1) is 8.60. The minimum atomic E-state index is -3.47. The lowest BCUT2D eigenvalue weighted by atomic mass is 10.2. The zero-order chi connectivity index (χ0) is 13.0. The van der Waals surface area contributed by atoms with Gasteiger partial charge in [0, 0.05) is 26.0 Å². The smallest absolute Gasteiger partial charge is 0.259 e. The molecular formula is C11H14N4O2S. The van der Waals surface area contributed by atoms with Gasteiger partial charge in [0.1, 0.15) is 0 Å². The number of aromatic amines is 1. The normalized spacial score (nSPS) is 11.9. The summed E-state index contributed by atoms with van der Waals surface area (Å²) in [5.74, 6) is 0. The third-order valence-electron chi connectivity index (χ3n) is 2.63. The maximum atomic E-state index is 12.1. The van der Waals surface area contributed by atoms with Crippen LogP contribution in [-0.2, 0) is 16.4 Å². The molecule has 0 aliphatic heterocycles. The number of pyridine rings is 1. The molecule has 0 aromatic carbocycles. The van der Waals surface area contributed by atoms with E-state index < -0.39 is 10.0 Å². The van der Waals surface area contributed by atoms with E-state index in [1.165, 1.54) is 16.6 Å². The summed E-state index contributed by atoms with van der Waals surface area (Å²) in [5.41, 5.74) is 1.05. The number of hydrogen-bond acceptors (Lipinski definition) is 4. The number of nitrogens with zero attached hydrogens (tertiary/aromatic N) is 3. The summed E-state index contributed by atoms with van der Waals surface area (Å²) in [4.78, 5) is 3.92. The summed E-state index contributed by atoms with van der Waals surface area (Å²) < 4.78 is 25.4. The van der Waals surface area contributed by atoms with Gasteiger partial charge >= 0.3 is 0 Å². The molecule has 0 saturated heterocycles. The highest BCUT2D eigenvalue weighted by Crippen LogP contribution is 2.11. The Labute approximate surface area is 106 Å². The van der Waals surface area contributed by atoms with E-state index in [0.29, 0.717) is 13.0 Å². The van der Waals surface area contributed by atoms with Crippen LogP contribution < -0.4 is 0 Å². The molecule has 6 nitrogen and oxygen atoms in total. The molecule has 18 heavy (non-hydrogen) atoms. The Bertz CT molecular complexity index is 581. The number of nitrogens with one attached hydrogen (secondary N) is 1. The molecule has 2 heterocycles. The second-order valence-electron chi connectivity index (χ2n) is 3.85. The first-order valence-electron chi connectivity index (χ1n) is 5.45. The van der Waals surface area contributed by atoms with E-state index in [1.54, 1.807) is 19.4 Å². The van der Waals surface area contributed by atoms with Crippen LogP contribution in [0.2, 0.25) is 0 Å². The Hall–Kier alpha value is -1.73. The fraction of sp³-hybridized carbons (Fsp3) is 0.273. The van der Waals surface area contributed by atoms with E-state index in [-0.39, 0.29) is 5.03 Å². The second kappa shape index (κ2) is 5.28. The lowest BCUT2D eigenvalue weighted by molar-refractivity contribution is 0.469. The van der Waals surface area contributed by atoms with E-state index in [9.17, 15) is 8.42 Å². The van der Waals surface area contributed by atoms with Gasteiger partial charge in [0.25, 0.3) is 10.0 Å². The molecule has 0 aliphatic rings. The first-order valence-corrected chi connectivity index (χ1v) is 6.89. The Morgan fingerprint density at radius 1 is 1.22 bits per heavy atom. The van der Waals surface area contributed by atoms with Gasteiger partial charge in [0.05, 0.1) is 6.20 Å². The van der Waals surface area contributed by atoms with Crippen LogP contribution >= 0.6 is 0 Å². The lowest BCUT2D eigenvalue weighted by Gasteiger charge is -2.15. The third-order valence-corrected chi connectivity index (χ3v) is 4.41. The van der Waals surface area contributed by atoms with Crippen molar-refractivity contribution >= 4 is 10.0 Å². The molecule has 2 rings (SSSR count). The van der Waals surface area contributed by atoms with Crippen molar-refractivity contribution in [2.24, 2.45) is 0 Å². The maximum absolute atomic E-state index is 12.1. The summed E-state index contributed by atoms with van der Waals surface area (Å²) in [6, 6.07) is 5.19. The van der Waals surface area contributed by atoms with E-state index in [0.717, 1.165) is 5.56 Å². The zero-order valence-electron chi connectivity index (χ0n) is 9.94. The van der Waals surface area contributed by atoms with Crippen LogP contribution in [0.15, 0.2) is 41.8 Å². The van der Waals surface area contributed by atoms with Gasteiger partial charge in [-0.05, 0) is 30.2 Å². The van der Waals surface area contributed by atoms with Gasteiger partial charge in [-0.1, -0.05) is 0 Å². The van der Waals surface area contributed by atoms with E-state index in [4.69, 9.17) is 0 Å². The molecular weight excluding hydrogens is 252 g/mol. The van der Waals surface area contributed by atoms with Gasteiger partial charge in [-0.3, -0.25) is 10.1 Å². The molecule has 7 heteroatoms.